The van der Waals surface area contributed by atoms with Crippen molar-refractivity contribution < 1.29 is 38.2 Å². The average Bonchev–Trinajstić information content (AvgIpc) is 3.29. The number of carboxylic acid groups (broad SMARTS) is 1. The van der Waals surface area contributed by atoms with Crippen molar-refractivity contribution in [2.24, 2.45) is 0 Å². The first-order valence-electron chi connectivity index (χ1n) is 27.8. The number of esters is 2. The van der Waals surface area contributed by atoms with Crippen LogP contribution in [0.4, 0.5) is 0 Å². The zero-order valence-corrected chi connectivity index (χ0v) is 44.3. The maximum atomic E-state index is 12.8. The summed E-state index contributed by atoms with van der Waals surface area (Å²) in [7, 11) is 5.54. The summed E-state index contributed by atoms with van der Waals surface area (Å²) in [5.41, 5.74) is 0. The van der Waals surface area contributed by atoms with Crippen molar-refractivity contribution in [2.45, 2.75) is 257 Å². The summed E-state index contributed by atoms with van der Waals surface area (Å²) in [5, 5.41) is 9.67. The summed E-state index contributed by atoms with van der Waals surface area (Å²) >= 11 is 0. The Hall–Kier alpha value is -2.97. The molecule has 0 spiro atoms. The van der Waals surface area contributed by atoms with Gasteiger partial charge in [-0.2, -0.15) is 0 Å². The number of nitrogens with zero attached hydrogens (tertiary/aromatic N) is 1. The van der Waals surface area contributed by atoms with Crippen LogP contribution in [-0.2, 0) is 28.6 Å². The van der Waals surface area contributed by atoms with E-state index in [9.17, 15) is 19.5 Å². The first-order chi connectivity index (χ1) is 32.6. The fourth-order valence-corrected chi connectivity index (χ4v) is 8.14. The van der Waals surface area contributed by atoms with Gasteiger partial charge in [-0.05, 0) is 77.0 Å². The van der Waals surface area contributed by atoms with Crippen LogP contribution in [0.5, 0.6) is 0 Å². The molecule has 2 atom stereocenters. The van der Waals surface area contributed by atoms with Crippen LogP contribution in [-0.4, -0.2) is 80.6 Å². The molecule has 0 heterocycles. The Kier molecular flexibility index (Phi) is 47.3. The third-order valence-electron chi connectivity index (χ3n) is 12.4. The van der Waals surface area contributed by atoms with Gasteiger partial charge in [0.25, 0.3) is 0 Å². The third kappa shape index (κ3) is 47.9. The molecule has 0 aliphatic carbocycles. The van der Waals surface area contributed by atoms with Gasteiger partial charge in [-0.3, -0.25) is 9.59 Å². The van der Waals surface area contributed by atoms with E-state index < -0.39 is 18.1 Å². The fourth-order valence-electron chi connectivity index (χ4n) is 8.14. The van der Waals surface area contributed by atoms with Crippen molar-refractivity contribution in [1.82, 2.24) is 0 Å². The van der Waals surface area contributed by atoms with Crippen LogP contribution < -0.4 is 0 Å². The molecule has 0 fully saturated rings. The Balaban J connectivity index is 4.20. The van der Waals surface area contributed by atoms with E-state index in [0.29, 0.717) is 19.3 Å². The van der Waals surface area contributed by atoms with E-state index in [1.165, 1.54) is 148 Å². The number of unbranched alkanes of at least 4 members (excludes halogenated alkanes) is 26. The summed E-state index contributed by atoms with van der Waals surface area (Å²) in [4.78, 5) is 37.3. The Morgan fingerprint density at radius 1 is 0.463 bits per heavy atom. The first kappa shape index (κ1) is 64.0. The van der Waals surface area contributed by atoms with Crippen LogP contribution in [0.3, 0.4) is 0 Å². The molecule has 0 radical (unpaired) electrons. The summed E-state index contributed by atoms with van der Waals surface area (Å²) in [6.07, 6.45) is 62.7. The van der Waals surface area contributed by atoms with Gasteiger partial charge >= 0.3 is 17.9 Å². The minimum Gasteiger partial charge on any atom is -0.477 e. The predicted molar refractivity (Wildman–Crippen MR) is 284 cm³/mol. The van der Waals surface area contributed by atoms with Crippen LogP contribution in [0.25, 0.3) is 0 Å². The Morgan fingerprint density at radius 3 is 1.25 bits per heavy atom. The smallest absolute Gasteiger partial charge is 0.362 e. The number of aliphatic carboxylic acids is 1. The highest BCUT2D eigenvalue weighted by Gasteiger charge is 2.31. The maximum Gasteiger partial charge on any atom is 0.362 e. The topological polar surface area (TPSA) is 99.1 Å². The summed E-state index contributed by atoms with van der Waals surface area (Å²) in [5.74, 6) is -1.47. The molecule has 67 heavy (non-hydrogen) atoms. The van der Waals surface area contributed by atoms with Gasteiger partial charge < -0.3 is 23.8 Å². The second-order valence-corrected chi connectivity index (χ2v) is 19.8. The summed E-state index contributed by atoms with van der Waals surface area (Å²) < 4.78 is 17.4. The quantitative estimate of drug-likeness (QED) is 0.0281. The minimum atomic E-state index is -0.875. The molecule has 2 unspecified atom stereocenters. The molecule has 0 rings (SSSR count). The van der Waals surface area contributed by atoms with Crippen LogP contribution in [0, 0.1) is 0 Å². The van der Waals surface area contributed by atoms with Crippen molar-refractivity contribution in [3.63, 3.8) is 0 Å². The number of likely N-dealkylation sites (N-methyl/N-ethyl adjacent to an activating group) is 1. The van der Waals surface area contributed by atoms with Crippen molar-refractivity contribution in [3.8, 4) is 0 Å². The van der Waals surface area contributed by atoms with Crippen molar-refractivity contribution in [3.05, 3.63) is 60.8 Å². The van der Waals surface area contributed by atoms with Crippen LogP contribution in [0.15, 0.2) is 60.8 Å². The molecule has 0 amide bonds. The van der Waals surface area contributed by atoms with Gasteiger partial charge in [-0.25, -0.2) is 4.79 Å². The van der Waals surface area contributed by atoms with Crippen molar-refractivity contribution in [2.75, 3.05) is 41.0 Å². The molecule has 0 aromatic heterocycles. The highest BCUT2D eigenvalue weighted by molar-refractivity contribution is 5.72. The third-order valence-corrected chi connectivity index (χ3v) is 12.4. The van der Waals surface area contributed by atoms with Crippen LogP contribution in [0.2, 0.25) is 0 Å². The average molecular weight is 941 g/mol. The zero-order chi connectivity index (χ0) is 49.2. The number of hydrogen-bond acceptors (Lipinski definition) is 6. The predicted octanol–water partition coefficient (Wildman–Crippen LogP) is 16.5. The zero-order valence-electron chi connectivity index (χ0n) is 44.3. The lowest BCUT2D eigenvalue weighted by atomic mass is 10.1. The second kappa shape index (κ2) is 49.5. The van der Waals surface area contributed by atoms with Crippen LogP contribution in [0.1, 0.15) is 245 Å². The Bertz CT molecular complexity index is 1280. The highest BCUT2D eigenvalue weighted by atomic mass is 16.6. The molecular formula is C59H106NO7+. The van der Waals surface area contributed by atoms with E-state index >= 15 is 0 Å². The maximum absolute atomic E-state index is 12.8. The summed E-state index contributed by atoms with van der Waals surface area (Å²) in [6, 6.07) is -0.618. The number of rotatable bonds is 50. The van der Waals surface area contributed by atoms with Gasteiger partial charge in [-0.15, -0.1) is 0 Å². The Morgan fingerprint density at radius 2 is 0.836 bits per heavy atom. The van der Waals surface area contributed by atoms with E-state index in [4.69, 9.17) is 14.2 Å². The molecule has 0 aromatic carbocycles. The van der Waals surface area contributed by atoms with Crippen molar-refractivity contribution >= 4 is 17.9 Å². The van der Waals surface area contributed by atoms with E-state index in [0.717, 1.165) is 64.2 Å². The SMILES string of the molecule is CC/C=C/C/C=C/C/C=C/C/C=C/CCCCCCCCCCCCC(=O)OCC(COCCC(C(=O)O)[N+](C)(C)C)OC(=O)CCCCCCCCC/C=C/CCCCCCCCCCC. The van der Waals surface area contributed by atoms with Gasteiger partial charge in [0.1, 0.15) is 6.61 Å². The van der Waals surface area contributed by atoms with Gasteiger partial charge in [0.05, 0.1) is 34.4 Å². The van der Waals surface area contributed by atoms with Gasteiger partial charge in [-0.1, -0.05) is 209 Å². The first-order valence-corrected chi connectivity index (χ1v) is 27.8. The summed E-state index contributed by atoms with van der Waals surface area (Å²) in [6.45, 7) is 4.64. The molecule has 0 aliphatic rings. The normalized spacial score (nSPS) is 13.3. The number of carbonyl (C=O) groups excluding carboxylic acids is 2. The molecule has 0 aromatic rings. The number of ether oxygens (including phenoxy) is 3. The lowest BCUT2D eigenvalue weighted by Gasteiger charge is -2.31. The molecule has 1 N–H and O–H groups in total. The second-order valence-electron chi connectivity index (χ2n) is 19.8. The molecule has 0 bridgehead atoms. The fraction of sp³-hybridized carbons (Fsp3) is 0.780. The number of hydrogen-bond donors (Lipinski definition) is 1. The highest BCUT2D eigenvalue weighted by Crippen LogP contribution is 2.16. The van der Waals surface area contributed by atoms with Gasteiger partial charge in [0.2, 0.25) is 0 Å². The lowest BCUT2D eigenvalue weighted by Crippen LogP contribution is -2.50. The van der Waals surface area contributed by atoms with E-state index in [2.05, 4.69) is 74.6 Å². The Labute approximate surface area is 413 Å². The van der Waals surface area contributed by atoms with E-state index in [1.54, 1.807) is 0 Å². The lowest BCUT2D eigenvalue weighted by molar-refractivity contribution is -0.887. The largest absolute Gasteiger partial charge is 0.477 e. The van der Waals surface area contributed by atoms with Gasteiger partial charge in [0.15, 0.2) is 12.1 Å². The molecule has 8 nitrogen and oxygen atoms in total. The van der Waals surface area contributed by atoms with Gasteiger partial charge in [0, 0.05) is 19.3 Å². The molecule has 388 valence electrons. The van der Waals surface area contributed by atoms with E-state index in [1.807, 2.05) is 21.1 Å². The molecule has 0 aliphatic heterocycles. The van der Waals surface area contributed by atoms with E-state index in [-0.39, 0.29) is 36.2 Å². The number of quaternary nitrogens is 1. The van der Waals surface area contributed by atoms with Crippen molar-refractivity contribution in [1.29, 1.82) is 0 Å². The van der Waals surface area contributed by atoms with Crippen LogP contribution >= 0.6 is 0 Å². The molecular weight excluding hydrogens is 835 g/mol. The monoisotopic (exact) mass is 941 g/mol. The molecule has 8 heteroatoms. The number of carboxylic acids is 1. The molecule has 0 saturated carbocycles. The molecule has 0 saturated heterocycles. The minimum absolute atomic E-state index is 0.0554. The number of carbonyl (C=O) groups is 3. The standard InChI is InChI=1S/C59H105NO7/c1-6-8-10-12-14-16-18-20-22-24-26-28-29-30-32-33-35-37-39-41-43-45-47-49-57(61)66-54-55(53-65-52-51-56(59(63)64)60(3,4)5)67-58(62)50-48-46-44-42-40-38-36-34-31-27-25-23-21-19-17-15-13-11-9-7-2/h8,10,14,16,20,22,26-28,31,55-56H,6-7,9,11-13,15,17-19,21,23-25,29-30,32-54H2,1-5H3/p+1/b10-8+,16-14+,22-20+,28-26+,31-27+. The number of allylic oxidation sites excluding steroid dienone is 10.